The van der Waals surface area contributed by atoms with Gasteiger partial charge < -0.3 is 4.74 Å². The highest BCUT2D eigenvalue weighted by molar-refractivity contribution is 9.09. The molecular formula is C11H12BrClO2. The van der Waals surface area contributed by atoms with E-state index >= 15 is 0 Å². The first kappa shape index (κ1) is 12.5. The van der Waals surface area contributed by atoms with Gasteiger partial charge in [0.05, 0.1) is 17.8 Å². The van der Waals surface area contributed by atoms with Crippen molar-refractivity contribution < 1.29 is 9.53 Å². The lowest BCUT2D eigenvalue weighted by molar-refractivity contribution is -0.116. The minimum atomic E-state index is -0.318. The number of ketones is 1. The van der Waals surface area contributed by atoms with Gasteiger partial charge in [0.25, 0.3) is 0 Å². The zero-order chi connectivity index (χ0) is 11.4. The summed E-state index contributed by atoms with van der Waals surface area (Å²) in [7, 11) is 1.59. The number of ether oxygens (including phenoxy) is 1. The third-order valence-electron chi connectivity index (χ3n) is 2.15. The zero-order valence-corrected chi connectivity index (χ0v) is 10.9. The summed E-state index contributed by atoms with van der Waals surface area (Å²) < 4.78 is 5.19. The third kappa shape index (κ3) is 2.73. The first-order valence-corrected chi connectivity index (χ1v) is 5.93. The van der Waals surface area contributed by atoms with E-state index in [0.717, 1.165) is 11.1 Å². The van der Waals surface area contributed by atoms with Crippen molar-refractivity contribution in [2.24, 2.45) is 0 Å². The Labute approximate surface area is 103 Å². The molecule has 82 valence electrons. The van der Waals surface area contributed by atoms with Gasteiger partial charge in [0, 0.05) is 5.56 Å². The number of benzene rings is 1. The summed E-state index contributed by atoms with van der Waals surface area (Å²) in [6.07, 6.45) is 0. The molecule has 15 heavy (non-hydrogen) atoms. The Balaban J connectivity index is 3.22. The Morgan fingerprint density at radius 3 is 2.73 bits per heavy atom. The van der Waals surface area contributed by atoms with Gasteiger partial charge >= 0.3 is 0 Å². The molecule has 1 aromatic carbocycles. The monoisotopic (exact) mass is 290 g/mol. The number of carbonyl (C=O) groups excluding carboxylic acids is 1. The van der Waals surface area contributed by atoms with Crippen LogP contribution in [0.1, 0.15) is 22.9 Å². The molecule has 0 heterocycles. The summed E-state index contributed by atoms with van der Waals surface area (Å²) in [6.45, 7) is 1.54. The Kier molecular flexibility index (Phi) is 4.61. The van der Waals surface area contributed by atoms with E-state index in [-0.39, 0.29) is 10.6 Å². The van der Waals surface area contributed by atoms with Crippen molar-refractivity contribution >= 4 is 33.3 Å². The molecule has 0 aromatic heterocycles. The molecule has 0 saturated heterocycles. The van der Waals surface area contributed by atoms with Crippen LogP contribution < -0.4 is 4.74 Å². The van der Waals surface area contributed by atoms with E-state index in [2.05, 4.69) is 15.9 Å². The summed E-state index contributed by atoms with van der Waals surface area (Å²) in [4.78, 5) is 11.0. The van der Waals surface area contributed by atoms with Gasteiger partial charge in [0.1, 0.15) is 11.5 Å². The largest absolute Gasteiger partial charge is 0.496 e. The van der Waals surface area contributed by atoms with Crippen molar-refractivity contribution in [2.45, 2.75) is 17.6 Å². The topological polar surface area (TPSA) is 26.3 Å². The molecular weight excluding hydrogens is 279 g/mol. The van der Waals surface area contributed by atoms with Crippen LogP contribution in [0.5, 0.6) is 5.75 Å². The lowest BCUT2D eigenvalue weighted by Gasteiger charge is -2.14. The highest BCUT2D eigenvalue weighted by Gasteiger charge is 2.18. The van der Waals surface area contributed by atoms with Crippen LogP contribution in [0.2, 0.25) is 0 Å². The summed E-state index contributed by atoms with van der Waals surface area (Å²) >= 11 is 9.19. The summed E-state index contributed by atoms with van der Waals surface area (Å²) in [6, 6.07) is 5.56. The van der Waals surface area contributed by atoms with Gasteiger partial charge in [-0.25, -0.2) is 0 Å². The molecule has 2 nitrogen and oxygen atoms in total. The van der Waals surface area contributed by atoms with E-state index < -0.39 is 0 Å². The number of hydrogen-bond acceptors (Lipinski definition) is 2. The molecule has 0 aliphatic carbocycles. The van der Waals surface area contributed by atoms with E-state index in [4.69, 9.17) is 16.3 Å². The van der Waals surface area contributed by atoms with Gasteiger partial charge in [-0.1, -0.05) is 28.1 Å². The van der Waals surface area contributed by atoms with E-state index in [1.54, 1.807) is 7.11 Å². The van der Waals surface area contributed by atoms with Gasteiger partial charge in [0.15, 0.2) is 0 Å². The fraction of sp³-hybridized carbons (Fsp3) is 0.364. The molecule has 4 heteroatoms. The maximum Gasteiger partial charge on any atom is 0.147 e. The smallest absolute Gasteiger partial charge is 0.147 e. The summed E-state index contributed by atoms with van der Waals surface area (Å²) in [5.41, 5.74) is 1.73. The van der Waals surface area contributed by atoms with Crippen molar-refractivity contribution in [1.82, 2.24) is 0 Å². The van der Waals surface area contributed by atoms with Crippen LogP contribution in [-0.2, 0) is 10.7 Å². The molecule has 0 fully saturated rings. The number of alkyl halides is 2. The standard InChI is InChI=1S/C11H12BrClO2/c1-7(14)11(12)8-4-3-5-10(15-2)9(8)6-13/h3-5,11H,6H2,1-2H3. The second kappa shape index (κ2) is 5.52. The highest BCUT2D eigenvalue weighted by atomic mass is 79.9. The van der Waals surface area contributed by atoms with Crippen LogP contribution in [0, 0.1) is 0 Å². The van der Waals surface area contributed by atoms with Crippen molar-refractivity contribution in [2.75, 3.05) is 7.11 Å². The van der Waals surface area contributed by atoms with Crippen molar-refractivity contribution in [3.63, 3.8) is 0 Å². The van der Waals surface area contributed by atoms with Crippen molar-refractivity contribution in [3.05, 3.63) is 29.3 Å². The Hall–Kier alpha value is -0.540. The SMILES string of the molecule is COc1cccc(C(Br)C(C)=O)c1CCl. The van der Waals surface area contributed by atoms with Crippen LogP contribution >= 0.6 is 27.5 Å². The molecule has 0 amide bonds. The lowest BCUT2D eigenvalue weighted by Crippen LogP contribution is -2.05. The van der Waals surface area contributed by atoms with Gasteiger partial charge in [0.2, 0.25) is 0 Å². The lowest BCUT2D eigenvalue weighted by atomic mass is 10.0. The average Bonchev–Trinajstić information content (AvgIpc) is 2.26. The fourth-order valence-corrected chi connectivity index (χ4v) is 2.09. The molecule has 0 radical (unpaired) electrons. The molecule has 1 aromatic rings. The highest BCUT2D eigenvalue weighted by Crippen LogP contribution is 2.33. The molecule has 1 atom stereocenters. The minimum Gasteiger partial charge on any atom is -0.496 e. The Morgan fingerprint density at radius 2 is 2.27 bits per heavy atom. The van der Waals surface area contributed by atoms with E-state index in [1.165, 1.54) is 6.92 Å². The second-order valence-corrected chi connectivity index (χ2v) is 4.32. The molecule has 1 unspecified atom stereocenters. The van der Waals surface area contributed by atoms with Gasteiger partial charge in [-0.05, 0) is 18.6 Å². The molecule has 0 aliphatic heterocycles. The Bertz CT molecular complexity index is 366. The van der Waals surface area contributed by atoms with Crippen LogP contribution in [0.3, 0.4) is 0 Å². The zero-order valence-electron chi connectivity index (χ0n) is 8.59. The number of rotatable bonds is 4. The van der Waals surface area contributed by atoms with Crippen LogP contribution in [0.25, 0.3) is 0 Å². The Morgan fingerprint density at radius 1 is 1.60 bits per heavy atom. The first-order chi connectivity index (χ1) is 7.11. The van der Waals surface area contributed by atoms with Crippen LogP contribution in [0.4, 0.5) is 0 Å². The minimum absolute atomic E-state index is 0.0506. The second-order valence-electron chi connectivity index (χ2n) is 3.13. The average molecular weight is 292 g/mol. The number of methoxy groups -OCH3 is 1. The van der Waals surface area contributed by atoms with E-state index in [1.807, 2.05) is 18.2 Å². The van der Waals surface area contributed by atoms with Gasteiger partial charge in [-0.3, -0.25) is 4.79 Å². The number of hydrogen-bond donors (Lipinski definition) is 0. The summed E-state index contributed by atoms with van der Waals surface area (Å²) in [5, 5.41) is 0. The molecule has 1 rings (SSSR count). The van der Waals surface area contributed by atoms with E-state index in [0.29, 0.717) is 11.6 Å². The quantitative estimate of drug-likeness (QED) is 0.794. The van der Waals surface area contributed by atoms with E-state index in [9.17, 15) is 4.79 Å². The number of carbonyl (C=O) groups is 1. The normalized spacial score (nSPS) is 12.3. The third-order valence-corrected chi connectivity index (χ3v) is 3.56. The number of halogens is 2. The summed E-state index contributed by atoms with van der Waals surface area (Å²) in [5.74, 6) is 1.09. The van der Waals surface area contributed by atoms with Gasteiger partial charge in [-0.2, -0.15) is 0 Å². The van der Waals surface area contributed by atoms with Crippen molar-refractivity contribution in [3.8, 4) is 5.75 Å². The molecule has 0 aliphatic rings. The van der Waals surface area contributed by atoms with Crippen LogP contribution in [-0.4, -0.2) is 12.9 Å². The number of Topliss-reactive ketones (excluding diaryl/α,β-unsaturated/α-hetero) is 1. The molecule has 0 bridgehead atoms. The maximum atomic E-state index is 11.3. The predicted octanol–water partition coefficient (Wildman–Crippen LogP) is 3.46. The van der Waals surface area contributed by atoms with Crippen molar-refractivity contribution in [1.29, 1.82) is 0 Å². The molecule has 0 N–H and O–H groups in total. The first-order valence-electron chi connectivity index (χ1n) is 4.48. The molecule has 0 spiro atoms. The van der Waals surface area contributed by atoms with Gasteiger partial charge in [-0.15, -0.1) is 11.6 Å². The van der Waals surface area contributed by atoms with Crippen LogP contribution in [0.15, 0.2) is 18.2 Å². The maximum absolute atomic E-state index is 11.3. The predicted molar refractivity (Wildman–Crippen MR) is 64.9 cm³/mol. The molecule has 0 saturated carbocycles. The fourth-order valence-electron chi connectivity index (χ4n) is 1.37.